The van der Waals surface area contributed by atoms with E-state index >= 15 is 0 Å². The van der Waals surface area contributed by atoms with Gasteiger partial charge in [0.2, 0.25) is 0 Å². The lowest BCUT2D eigenvalue weighted by molar-refractivity contribution is 0.0297. The van der Waals surface area contributed by atoms with E-state index in [1.54, 1.807) is 13.0 Å². The van der Waals surface area contributed by atoms with Crippen LogP contribution < -0.4 is 0 Å². The number of carbonyl (C=O) groups excluding carboxylic acids is 1. The summed E-state index contributed by atoms with van der Waals surface area (Å²) in [6.45, 7) is 1.59. The van der Waals surface area contributed by atoms with E-state index in [0.29, 0.717) is 0 Å². The second-order valence-corrected chi connectivity index (χ2v) is 11.9. The monoisotopic (exact) mass is 520 g/mol. The average Bonchev–Trinajstić information content (AvgIpc) is 2.26. The third-order valence-corrected chi connectivity index (χ3v) is 6.79. The third kappa shape index (κ3) is 4.27. The Kier molecular flexibility index (Phi) is 5.62. The molecule has 0 aliphatic carbocycles. The molecule has 1 unspecified atom stereocenters. The summed E-state index contributed by atoms with van der Waals surface area (Å²) in [6.07, 6.45) is 0. The van der Waals surface area contributed by atoms with Gasteiger partial charge >= 0.3 is 11.9 Å². The first-order valence-corrected chi connectivity index (χ1v) is 8.05. The molecule has 0 saturated carbocycles. The molecule has 1 N–H and O–H groups in total. The number of alkyl halides is 4. The Hall–Kier alpha value is 0.0800. The van der Waals surface area contributed by atoms with E-state index in [4.69, 9.17) is 9.84 Å². The van der Waals surface area contributed by atoms with Crippen molar-refractivity contribution in [3.05, 3.63) is 35.4 Å². The fourth-order valence-corrected chi connectivity index (χ4v) is 1.52. The third-order valence-electron chi connectivity index (χ3n) is 2.17. The zero-order chi connectivity index (χ0) is 14.8. The number of hydrogen-bond acceptors (Lipinski definition) is 3. The van der Waals surface area contributed by atoms with Gasteiger partial charge in [-0.1, -0.05) is 59.9 Å². The van der Waals surface area contributed by atoms with Crippen molar-refractivity contribution in [1.29, 1.82) is 0 Å². The molecular formula is C11H8Br4O4. The van der Waals surface area contributed by atoms with Crippen molar-refractivity contribution in [3.63, 3.8) is 0 Å². The number of esters is 1. The highest BCUT2D eigenvalue weighted by molar-refractivity contribution is 9.40. The van der Waals surface area contributed by atoms with Crippen molar-refractivity contribution < 1.29 is 19.4 Å². The highest BCUT2D eigenvalue weighted by atomic mass is 80.0. The Morgan fingerprint density at radius 1 is 1.11 bits per heavy atom. The second kappa shape index (κ2) is 6.24. The molecule has 1 aromatic rings. The number of ether oxygens (including phenoxy) is 1. The van der Waals surface area contributed by atoms with E-state index in [1.807, 2.05) is 0 Å². The molecule has 104 valence electrons. The van der Waals surface area contributed by atoms with E-state index in [0.717, 1.165) is 0 Å². The zero-order valence-corrected chi connectivity index (χ0v) is 15.8. The molecule has 1 aromatic carbocycles. The summed E-state index contributed by atoms with van der Waals surface area (Å²) < 4.78 is 3.22. The molecule has 0 aromatic heterocycles. The summed E-state index contributed by atoms with van der Waals surface area (Å²) in [6, 6.07) is 5.84. The number of carboxylic acids is 1. The van der Waals surface area contributed by atoms with Crippen molar-refractivity contribution in [2.75, 3.05) is 0 Å². The maximum atomic E-state index is 12.1. The molecule has 0 aliphatic rings. The predicted molar refractivity (Wildman–Crippen MR) is 85.7 cm³/mol. The Morgan fingerprint density at radius 3 is 2.00 bits per heavy atom. The van der Waals surface area contributed by atoms with Crippen molar-refractivity contribution in [2.24, 2.45) is 0 Å². The van der Waals surface area contributed by atoms with Crippen molar-refractivity contribution in [2.45, 2.75) is 13.6 Å². The average molecular weight is 524 g/mol. The molecule has 0 fully saturated rings. The minimum atomic E-state index is -1.19. The number of carbonyl (C=O) groups is 2. The molecule has 4 nitrogen and oxygen atoms in total. The van der Waals surface area contributed by atoms with Gasteiger partial charge in [-0.3, -0.25) is 0 Å². The molecule has 0 spiro atoms. The van der Waals surface area contributed by atoms with Crippen LogP contribution in [0.2, 0.25) is 0 Å². The number of rotatable bonds is 3. The summed E-state index contributed by atoms with van der Waals surface area (Å²) in [4.78, 5) is 23.1. The molecule has 0 radical (unpaired) electrons. The number of aromatic carboxylic acids is 1. The first-order valence-electron chi connectivity index (χ1n) is 4.87. The van der Waals surface area contributed by atoms with Crippen LogP contribution in [-0.2, 0) is 4.74 Å². The standard InChI is InChI=1S/C11H8Br4O4/c1-10(12,11(13,14)15)19-9(18)7-5-3-2-4-6(7)8(16)17/h2-5H,1H3,(H,16,17). The maximum absolute atomic E-state index is 12.1. The van der Waals surface area contributed by atoms with E-state index in [2.05, 4.69) is 63.7 Å². The number of halogens is 4. The topological polar surface area (TPSA) is 63.6 Å². The van der Waals surface area contributed by atoms with Crippen LogP contribution in [0.4, 0.5) is 0 Å². The molecule has 19 heavy (non-hydrogen) atoms. The predicted octanol–water partition coefficient (Wildman–Crippen LogP) is 4.49. The highest BCUT2D eigenvalue weighted by Crippen LogP contribution is 2.49. The van der Waals surface area contributed by atoms with Crippen molar-refractivity contribution in [3.8, 4) is 0 Å². The lowest BCUT2D eigenvalue weighted by Crippen LogP contribution is -2.37. The van der Waals surface area contributed by atoms with Gasteiger partial charge in [0.15, 0.2) is 6.65 Å². The first-order chi connectivity index (χ1) is 8.56. The summed E-state index contributed by atoms with van der Waals surface area (Å²) >= 11 is 13.0. The SMILES string of the molecule is CC(Br)(OC(=O)c1ccccc1C(=O)O)C(Br)(Br)Br. The van der Waals surface area contributed by atoms with Gasteiger partial charge in [0.05, 0.1) is 11.1 Å². The number of benzene rings is 1. The Labute approximate surface area is 143 Å². The molecule has 0 saturated heterocycles. The quantitative estimate of drug-likeness (QED) is 0.468. The molecule has 1 rings (SSSR count). The molecule has 0 bridgehead atoms. The van der Waals surface area contributed by atoms with Crippen LogP contribution in [0.3, 0.4) is 0 Å². The molecular weight excluding hydrogens is 516 g/mol. The lowest BCUT2D eigenvalue weighted by atomic mass is 10.1. The van der Waals surface area contributed by atoms with Crippen LogP contribution in [-0.4, -0.2) is 23.7 Å². The molecule has 1 atom stereocenters. The smallest absolute Gasteiger partial charge is 0.340 e. The summed E-state index contributed by atoms with van der Waals surface area (Å²) in [5, 5.41) is 9.03. The zero-order valence-electron chi connectivity index (χ0n) is 9.49. The van der Waals surface area contributed by atoms with Crippen LogP contribution in [0.25, 0.3) is 0 Å². The van der Waals surface area contributed by atoms with E-state index < -0.39 is 18.6 Å². The molecule has 0 heterocycles. The van der Waals surface area contributed by atoms with Crippen molar-refractivity contribution in [1.82, 2.24) is 0 Å². The van der Waals surface area contributed by atoms with Crippen LogP contribution in [0.1, 0.15) is 27.6 Å². The highest BCUT2D eigenvalue weighted by Gasteiger charge is 2.45. The van der Waals surface area contributed by atoms with Gasteiger partial charge in [-0.2, -0.15) is 0 Å². The van der Waals surface area contributed by atoms with Gasteiger partial charge in [-0.25, -0.2) is 9.59 Å². The van der Waals surface area contributed by atoms with Gasteiger partial charge in [0, 0.05) is 0 Å². The Balaban J connectivity index is 3.07. The van der Waals surface area contributed by atoms with Gasteiger partial charge in [0.1, 0.15) is 0 Å². The fraction of sp³-hybridized carbons (Fsp3) is 0.273. The summed E-state index contributed by atoms with van der Waals surface area (Å²) in [7, 11) is 0. The van der Waals surface area contributed by atoms with Crippen LogP contribution in [0.5, 0.6) is 0 Å². The van der Waals surface area contributed by atoms with Crippen LogP contribution in [0, 0.1) is 0 Å². The fourth-order valence-electron chi connectivity index (χ4n) is 1.13. The van der Waals surface area contributed by atoms with Gasteiger partial charge in [-0.05, 0) is 35.0 Å². The number of hydrogen-bond donors (Lipinski definition) is 1. The van der Waals surface area contributed by atoms with E-state index in [-0.39, 0.29) is 11.1 Å². The second-order valence-electron chi connectivity index (χ2n) is 3.65. The normalized spacial score (nSPS) is 14.6. The van der Waals surface area contributed by atoms with Gasteiger partial charge in [-0.15, -0.1) is 0 Å². The first kappa shape index (κ1) is 17.1. The summed E-state index contributed by atoms with van der Waals surface area (Å²) in [5.41, 5.74) is -0.127. The molecule has 8 heteroatoms. The van der Waals surface area contributed by atoms with Crippen LogP contribution >= 0.6 is 63.7 Å². The lowest BCUT2D eigenvalue weighted by Gasteiger charge is -2.31. The Bertz CT molecular complexity index is 508. The van der Waals surface area contributed by atoms with E-state index in [9.17, 15) is 9.59 Å². The maximum Gasteiger partial charge on any atom is 0.340 e. The van der Waals surface area contributed by atoms with E-state index in [1.165, 1.54) is 18.2 Å². The van der Waals surface area contributed by atoms with Crippen LogP contribution in [0.15, 0.2) is 24.3 Å². The molecule has 0 amide bonds. The number of carboxylic acid groups (broad SMARTS) is 1. The molecule has 0 aliphatic heterocycles. The largest absolute Gasteiger partial charge is 0.478 e. The summed E-state index contributed by atoms with van der Waals surface area (Å²) in [5.74, 6) is -1.94. The minimum Gasteiger partial charge on any atom is -0.478 e. The Morgan fingerprint density at radius 2 is 1.58 bits per heavy atom. The van der Waals surface area contributed by atoms with Gasteiger partial charge < -0.3 is 9.84 Å². The minimum absolute atomic E-state index is 0.0163. The van der Waals surface area contributed by atoms with Crippen molar-refractivity contribution >= 4 is 75.7 Å². The van der Waals surface area contributed by atoms with Gasteiger partial charge in [0.25, 0.3) is 0 Å².